The number of carbonyl (C=O) groups is 3. The third-order valence-electron chi connectivity index (χ3n) is 8.09. The van der Waals surface area contributed by atoms with Gasteiger partial charge in [0.05, 0.1) is 9.88 Å². The minimum absolute atomic E-state index is 0.135. The third kappa shape index (κ3) is 7.65. The number of carbonyl (C=O) groups excluding carboxylic acids is 3. The number of rotatable bonds is 8. The van der Waals surface area contributed by atoms with E-state index in [0.717, 1.165) is 46.8 Å². The maximum atomic E-state index is 14.3. The number of anilines is 1. The Morgan fingerprint density at radius 3 is 2.36 bits per heavy atom. The molecule has 1 unspecified atom stereocenters. The van der Waals surface area contributed by atoms with E-state index in [2.05, 4.69) is 10.6 Å². The number of alkyl halides is 2. The maximum Gasteiger partial charge on any atom is 0.399 e. The topological polar surface area (TPSA) is 136 Å². The normalized spacial score (nSPS) is 16.8. The quantitative estimate of drug-likeness (QED) is 0.141. The van der Waals surface area contributed by atoms with Crippen molar-refractivity contribution in [2.24, 2.45) is 5.41 Å². The Labute approximate surface area is 279 Å². The predicted octanol–water partition coefficient (Wildman–Crippen LogP) is 7.41. The number of fused-ring (bicyclic) bond motifs is 1. The lowest BCUT2D eigenvalue weighted by Gasteiger charge is -2.37. The summed E-state index contributed by atoms with van der Waals surface area (Å²) < 4.78 is 40.5. The van der Waals surface area contributed by atoms with Gasteiger partial charge >= 0.3 is 13.3 Å². The molecule has 9 nitrogen and oxygen atoms in total. The average molecular weight is 704 g/mol. The molecule has 0 bridgehead atoms. The van der Waals surface area contributed by atoms with E-state index in [1.54, 1.807) is 25.7 Å². The van der Waals surface area contributed by atoms with Crippen LogP contribution in [0, 0.1) is 5.41 Å². The van der Waals surface area contributed by atoms with Crippen molar-refractivity contribution in [3.8, 4) is 10.4 Å². The van der Waals surface area contributed by atoms with E-state index < -0.39 is 48.1 Å². The van der Waals surface area contributed by atoms with Gasteiger partial charge in [-0.25, -0.2) is 0 Å². The van der Waals surface area contributed by atoms with Crippen LogP contribution in [0.2, 0.25) is 0 Å². The number of thiophene rings is 2. The molecule has 2 aromatic heterocycles. The van der Waals surface area contributed by atoms with Gasteiger partial charge in [-0.3, -0.25) is 18.9 Å². The Kier molecular flexibility index (Phi) is 10.1. The van der Waals surface area contributed by atoms with Gasteiger partial charge in [0.15, 0.2) is 0 Å². The lowest BCUT2D eigenvalue weighted by atomic mass is 9.85. The van der Waals surface area contributed by atoms with Crippen LogP contribution in [0.5, 0.6) is 0 Å². The number of hydrogen-bond acceptors (Lipinski definition) is 6. The summed E-state index contributed by atoms with van der Waals surface area (Å²) in [5, 5.41) is 6.70. The summed E-state index contributed by atoms with van der Waals surface area (Å²) in [6.07, 6.45) is 2.79. The molecule has 4 aromatic rings. The van der Waals surface area contributed by atoms with E-state index in [9.17, 15) is 27.7 Å². The highest BCUT2D eigenvalue weighted by molar-refractivity contribution is 7.52. The predicted molar refractivity (Wildman–Crippen MR) is 181 cm³/mol. The highest BCUT2D eigenvalue weighted by atomic mass is 32.1. The Morgan fingerprint density at radius 2 is 1.68 bits per heavy atom. The van der Waals surface area contributed by atoms with Crippen molar-refractivity contribution < 1.29 is 37.5 Å². The first-order valence-corrected chi connectivity index (χ1v) is 18.4. The highest BCUT2D eigenvalue weighted by Crippen LogP contribution is 2.59. The van der Waals surface area contributed by atoms with Gasteiger partial charge in [-0.2, -0.15) is 8.78 Å². The minimum atomic E-state index is -5.77. The Hall–Kier alpha value is -3.48. The second-order valence-corrected chi connectivity index (χ2v) is 16.5. The monoisotopic (exact) mass is 703 g/mol. The standard InChI is InChI=1S/C33H36F2N3O6PS2/c1-32(2,3)28(37-30(40)26-19-21-18-22(13-14-25(21)46-26)33(34,35)45(42,43)44)31(41)38-17-9-5-8-12-23(38)29(39)36-27-16-15-24(47-27)20-10-6-4-7-11-20/h4,6-7,10-11,13-16,18-19,23,28H,5,8-9,12,17H2,1-3H3,(H,36,39)(H,37,40)(H2,42,43,44)/t23-,28?/m0/s1. The van der Waals surface area contributed by atoms with Crippen molar-refractivity contribution in [3.63, 3.8) is 0 Å². The molecular weight excluding hydrogens is 667 g/mol. The molecule has 0 radical (unpaired) electrons. The van der Waals surface area contributed by atoms with Crippen LogP contribution in [0.25, 0.3) is 20.5 Å². The van der Waals surface area contributed by atoms with Crippen molar-refractivity contribution in [2.75, 3.05) is 11.9 Å². The Morgan fingerprint density at radius 1 is 0.957 bits per heavy atom. The molecule has 1 saturated heterocycles. The fourth-order valence-corrected chi connectivity index (χ4v) is 7.88. The van der Waals surface area contributed by atoms with Crippen LogP contribution in [0.4, 0.5) is 13.8 Å². The largest absolute Gasteiger partial charge is 0.399 e. The summed E-state index contributed by atoms with van der Waals surface area (Å²) in [5.74, 6) is -1.30. The van der Waals surface area contributed by atoms with Crippen LogP contribution in [-0.4, -0.2) is 51.0 Å². The zero-order valence-electron chi connectivity index (χ0n) is 26.0. The first-order chi connectivity index (χ1) is 22.1. The van der Waals surface area contributed by atoms with Gasteiger partial charge in [0.2, 0.25) is 11.8 Å². The molecule has 2 aromatic carbocycles. The lowest BCUT2D eigenvalue weighted by molar-refractivity contribution is -0.142. The van der Waals surface area contributed by atoms with Gasteiger partial charge in [0.25, 0.3) is 5.91 Å². The number of amides is 3. The van der Waals surface area contributed by atoms with Gasteiger partial charge in [0.1, 0.15) is 12.1 Å². The van der Waals surface area contributed by atoms with E-state index in [1.807, 2.05) is 42.5 Å². The second-order valence-electron chi connectivity index (χ2n) is 12.6. The first kappa shape index (κ1) is 34.8. The van der Waals surface area contributed by atoms with Crippen molar-refractivity contribution in [3.05, 3.63) is 77.2 Å². The Bertz CT molecular complexity index is 1830. The van der Waals surface area contributed by atoms with E-state index in [4.69, 9.17) is 9.79 Å². The van der Waals surface area contributed by atoms with Crippen molar-refractivity contribution in [1.82, 2.24) is 10.2 Å². The van der Waals surface area contributed by atoms with Crippen LogP contribution < -0.4 is 10.6 Å². The van der Waals surface area contributed by atoms with Gasteiger partial charge < -0.3 is 25.3 Å². The second kappa shape index (κ2) is 13.6. The molecule has 3 amide bonds. The molecule has 3 heterocycles. The molecule has 5 rings (SSSR count). The summed E-state index contributed by atoms with van der Waals surface area (Å²) in [6, 6.07) is 16.3. The zero-order chi connectivity index (χ0) is 34.1. The van der Waals surface area contributed by atoms with Crippen LogP contribution in [0.3, 0.4) is 0 Å². The number of likely N-dealkylation sites (tertiary alicyclic amines) is 1. The van der Waals surface area contributed by atoms with Crippen LogP contribution in [-0.2, 0) is 19.8 Å². The molecular formula is C33H36F2N3O6PS2. The Balaban J connectivity index is 1.35. The van der Waals surface area contributed by atoms with E-state index in [1.165, 1.54) is 23.5 Å². The smallest absolute Gasteiger partial charge is 0.339 e. The van der Waals surface area contributed by atoms with E-state index in [-0.39, 0.29) is 16.2 Å². The lowest BCUT2D eigenvalue weighted by Crippen LogP contribution is -2.58. The van der Waals surface area contributed by atoms with Gasteiger partial charge in [0, 0.05) is 21.7 Å². The highest BCUT2D eigenvalue weighted by Gasteiger charge is 2.50. The molecule has 250 valence electrons. The molecule has 1 aliphatic rings. The number of halogens is 2. The molecule has 0 spiro atoms. The van der Waals surface area contributed by atoms with Crippen molar-refractivity contribution >= 4 is 63.1 Å². The fraction of sp³-hybridized carbons (Fsp3) is 0.364. The molecule has 2 atom stereocenters. The van der Waals surface area contributed by atoms with E-state index in [0.29, 0.717) is 29.1 Å². The van der Waals surface area contributed by atoms with Crippen LogP contribution >= 0.6 is 30.3 Å². The summed E-state index contributed by atoms with van der Waals surface area (Å²) in [5.41, 5.74) is -4.98. The van der Waals surface area contributed by atoms with Crippen molar-refractivity contribution in [1.29, 1.82) is 0 Å². The van der Waals surface area contributed by atoms with Crippen molar-refractivity contribution in [2.45, 2.75) is 64.2 Å². The first-order valence-electron chi connectivity index (χ1n) is 15.1. The SMILES string of the molecule is CC(C)(C)C(NC(=O)c1cc2cc(C(F)(F)P(=O)(O)O)ccc2s1)C(=O)N1CCCCC[C@H]1C(=O)Nc1ccc(-c2ccccc2)s1. The van der Waals surface area contributed by atoms with E-state index >= 15 is 0 Å². The molecule has 1 fully saturated rings. The van der Waals surface area contributed by atoms with Gasteiger partial charge in [-0.1, -0.05) is 70.0 Å². The molecule has 0 aliphatic carbocycles. The molecule has 14 heteroatoms. The summed E-state index contributed by atoms with van der Waals surface area (Å²) in [4.78, 5) is 62.4. The molecule has 4 N–H and O–H groups in total. The average Bonchev–Trinajstić information content (AvgIpc) is 3.58. The summed E-state index contributed by atoms with van der Waals surface area (Å²) >= 11 is 2.45. The number of nitrogens with zero attached hydrogens (tertiary/aromatic N) is 1. The fourth-order valence-electron chi connectivity index (χ4n) is 5.54. The van der Waals surface area contributed by atoms with Gasteiger partial charge in [-0.15, -0.1) is 22.7 Å². The summed E-state index contributed by atoms with van der Waals surface area (Å²) in [7, 11) is -5.77. The molecule has 0 saturated carbocycles. The third-order valence-corrected chi connectivity index (χ3v) is 11.2. The number of benzene rings is 2. The van der Waals surface area contributed by atoms with Gasteiger partial charge in [-0.05, 0) is 59.5 Å². The molecule has 1 aliphatic heterocycles. The van der Waals surface area contributed by atoms with Crippen LogP contribution in [0.1, 0.15) is 61.7 Å². The number of nitrogens with one attached hydrogen (secondary N) is 2. The summed E-state index contributed by atoms with van der Waals surface area (Å²) in [6.45, 7) is 5.76. The zero-order valence-corrected chi connectivity index (χ0v) is 28.6. The molecule has 47 heavy (non-hydrogen) atoms. The number of hydrogen-bond donors (Lipinski definition) is 4. The maximum absolute atomic E-state index is 14.3. The van der Waals surface area contributed by atoms with Crippen LogP contribution in [0.15, 0.2) is 66.7 Å². The minimum Gasteiger partial charge on any atom is -0.339 e.